The summed E-state index contributed by atoms with van der Waals surface area (Å²) in [6, 6.07) is 6.09. The molecule has 0 bridgehead atoms. The van der Waals surface area contributed by atoms with E-state index in [4.69, 9.17) is 0 Å². The minimum Gasteiger partial charge on any atom is -0.296 e. The predicted molar refractivity (Wildman–Crippen MR) is 87.0 cm³/mol. The van der Waals surface area contributed by atoms with Crippen LogP contribution in [0.1, 0.15) is 21.1 Å². The summed E-state index contributed by atoms with van der Waals surface area (Å²) in [4.78, 5) is 25.5. The summed E-state index contributed by atoms with van der Waals surface area (Å²) in [6.07, 6.45) is 2.96. The molecule has 1 aromatic carbocycles. The molecule has 0 spiro atoms. The van der Waals surface area contributed by atoms with Gasteiger partial charge in [0.15, 0.2) is 5.13 Å². The first-order valence-corrected chi connectivity index (χ1v) is 7.68. The molecule has 0 aliphatic heterocycles. The summed E-state index contributed by atoms with van der Waals surface area (Å²) in [7, 11) is 0. The average Bonchev–Trinajstić information content (AvgIpc) is 2.89. The summed E-state index contributed by atoms with van der Waals surface area (Å²) >= 11 is 1.35. The maximum absolute atomic E-state index is 13.0. The number of benzene rings is 1. The number of anilines is 1. The number of rotatable bonds is 3. The molecule has 0 radical (unpaired) electrons. The highest BCUT2D eigenvalue weighted by molar-refractivity contribution is 7.16. The van der Waals surface area contributed by atoms with E-state index in [1.165, 1.54) is 35.9 Å². The molecule has 7 heteroatoms. The second-order valence-corrected chi connectivity index (χ2v) is 6.13. The van der Waals surface area contributed by atoms with E-state index in [9.17, 15) is 9.18 Å². The number of hydrogen-bond donors (Lipinski definition) is 1. The Kier molecular flexibility index (Phi) is 4.12. The lowest BCUT2D eigenvalue weighted by Crippen LogP contribution is -2.13. The molecule has 0 aliphatic carbocycles. The Hall–Kier alpha value is -2.67. The van der Waals surface area contributed by atoms with Gasteiger partial charge in [-0.3, -0.25) is 15.1 Å². The first kappa shape index (κ1) is 15.2. The Morgan fingerprint density at radius 1 is 1.13 bits per heavy atom. The molecule has 0 unspecified atom stereocenters. The maximum Gasteiger partial charge on any atom is 0.277 e. The zero-order valence-corrected chi connectivity index (χ0v) is 13.3. The van der Waals surface area contributed by atoms with Gasteiger partial charge >= 0.3 is 0 Å². The van der Waals surface area contributed by atoms with E-state index in [2.05, 4.69) is 20.3 Å². The van der Waals surface area contributed by atoms with Crippen LogP contribution < -0.4 is 5.32 Å². The van der Waals surface area contributed by atoms with E-state index in [0.29, 0.717) is 5.13 Å². The number of nitrogens with one attached hydrogen (secondary N) is 1. The molecule has 2 heterocycles. The van der Waals surface area contributed by atoms with Crippen molar-refractivity contribution in [2.75, 3.05) is 5.32 Å². The Labute approximate surface area is 136 Å². The van der Waals surface area contributed by atoms with Crippen molar-refractivity contribution in [3.63, 3.8) is 0 Å². The number of halogens is 1. The molecule has 116 valence electrons. The van der Waals surface area contributed by atoms with Crippen molar-refractivity contribution in [2.24, 2.45) is 0 Å². The summed E-state index contributed by atoms with van der Waals surface area (Å²) in [5.41, 5.74) is 2.49. The zero-order chi connectivity index (χ0) is 16.4. The minimum absolute atomic E-state index is 0.229. The van der Waals surface area contributed by atoms with Crippen molar-refractivity contribution >= 4 is 22.4 Å². The van der Waals surface area contributed by atoms with Crippen LogP contribution in [0.5, 0.6) is 0 Å². The van der Waals surface area contributed by atoms with Crippen molar-refractivity contribution in [3.05, 3.63) is 58.7 Å². The van der Waals surface area contributed by atoms with Crippen LogP contribution in [0.4, 0.5) is 9.52 Å². The number of aryl methyl sites for hydroxylation is 2. The smallest absolute Gasteiger partial charge is 0.277 e. The van der Waals surface area contributed by atoms with Crippen molar-refractivity contribution in [1.82, 2.24) is 15.0 Å². The molecule has 0 saturated heterocycles. The molecule has 23 heavy (non-hydrogen) atoms. The fourth-order valence-electron chi connectivity index (χ4n) is 2.00. The molecule has 3 aromatic rings. The van der Waals surface area contributed by atoms with Crippen LogP contribution in [0.15, 0.2) is 36.7 Å². The SMILES string of the molecule is Cc1cnc(C(=O)Nc2nc(-c3ccc(F)cc3)c(C)s2)cn1. The lowest BCUT2D eigenvalue weighted by atomic mass is 10.1. The van der Waals surface area contributed by atoms with Gasteiger partial charge in [-0.05, 0) is 38.1 Å². The van der Waals surface area contributed by atoms with Crippen LogP contribution in [0.25, 0.3) is 11.3 Å². The molecular formula is C16H13FN4OS. The van der Waals surface area contributed by atoms with Gasteiger partial charge in [0, 0.05) is 16.6 Å². The summed E-state index contributed by atoms with van der Waals surface area (Å²) in [6.45, 7) is 3.70. The Morgan fingerprint density at radius 2 is 1.87 bits per heavy atom. The van der Waals surface area contributed by atoms with Gasteiger partial charge in [0.1, 0.15) is 11.5 Å². The Morgan fingerprint density at radius 3 is 2.52 bits per heavy atom. The predicted octanol–water partition coefficient (Wildman–Crippen LogP) is 3.61. The first-order chi connectivity index (χ1) is 11.0. The fourth-order valence-corrected chi connectivity index (χ4v) is 2.83. The van der Waals surface area contributed by atoms with Crippen molar-refractivity contribution in [3.8, 4) is 11.3 Å². The molecule has 0 atom stereocenters. The van der Waals surface area contributed by atoms with Crippen molar-refractivity contribution < 1.29 is 9.18 Å². The highest BCUT2D eigenvalue weighted by Gasteiger charge is 2.14. The molecule has 0 fully saturated rings. The number of amides is 1. The summed E-state index contributed by atoms with van der Waals surface area (Å²) < 4.78 is 13.0. The van der Waals surface area contributed by atoms with Crippen LogP contribution >= 0.6 is 11.3 Å². The second-order valence-electron chi connectivity index (χ2n) is 4.93. The topological polar surface area (TPSA) is 67.8 Å². The van der Waals surface area contributed by atoms with Gasteiger partial charge in [-0.25, -0.2) is 14.4 Å². The standard InChI is InChI=1S/C16H13FN4OS/c1-9-7-19-13(8-18-9)15(22)21-16-20-14(10(2)23-16)11-3-5-12(17)6-4-11/h3-8H,1-2H3,(H,20,21,22). The van der Waals surface area contributed by atoms with Gasteiger partial charge in [-0.15, -0.1) is 11.3 Å². The van der Waals surface area contributed by atoms with Gasteiger partial charge in [0.2, 0.25) is 0 Å². The quantitative estimate of drug-likeness (QED) is 0.797. The van der Waals surface area contributed by atoms with E-state index in [1.54, 1.807) is 19.1 Å². The number of carbonyl (C=O) groups excluding carboxylic acids is 1. The van der Waals surface area contributed by atoms with Crippen LogP contribution in [0.2, 0.25) is 0 Å². The molecule has 2 aromatic heterocycles. The lowest BCUT2D eigenvalue weighted by Gasteiger charge is -2.00. The van der Waals surface area contributed by atoms with Gasteiger partial charge in [-0.1, -0.05) is 0 Å². The Bertz CT molecular complexity index is 844. The summed E-state index contributed by atoms with van der Waals surface area (Å²) in [5, 5.41) is 3.18. The largest absolute Gasteiger partial charge is 0.296 e. The van der Waals surface area contributed by atoms with Crippen LogP contribution in [-0.4, -0.2) is 20.9 Å². The molecule has 1 N–H and O–H groups in total. The van der Waals surface area contributed by atoms with Crippen LogP contribution in [0.3, 0.4) is 0 Å². The van der Waals surface area contributed by atoms with E-state index in [-0.39, 0.29) is 17.4 Å². The average molecular weight is 328 g/mol. The first-order valence-electron chi connectivity index (χ1n) is 6.86. The number of nitrogens with zero attached hydrogens (tertiary/aromatic N) is 3. The van der Waals surface area contributed by atoms with Crippen LogP contribution in [-0.2, 0) is 0 Å². The molecule has 0 aliphatic rings. The van der Waals surface area contributed by atoms with Gasteiger partial charge in [0.25, 0.3) is 5.91 Å². The zero-order valence-electron chi connectivity index (χ0n) is 12.5. The maximum atomic E-state index is 13.0. The van der Waals surface area contributed by atoms with E-state index in [1.807, 2.05) is 6.92 Å². The molecule has 1 amide bonds. The molecular weight excluding hydrogens is 315 g/mol. The van der Waals surface area contributed by atoms with E-state index >= 15 is 0 Å². The Balaban J connectivity index is 1.82. The monoisotopic (exact) mass is 328 g/mol. The molecule has 0 saturated carbocycles. The normalized spacial score (nSPS) is 10.6. The second kappa shape index (κ2) is 6.21. The van der Waals surface area contributed by atoms with Crippen molar-refractivity contribution in [1.29, 1.82) is 0 Å². The third-order valence-corrected chi connectivity index (χ3v) is 4.03. The van der Waals surface area contributed by atoms with E-state index < -0.39 is 0 Å². The third kappa shape index (κ3) is 3.40. The van der Waals surface area contributed by atoms with Crippen molar-refractivity contribution in [2.45, 2.75) is 13.8 Å². The molecule has 3 rings (SSSR count). The third-order valence-electron chi connectivity index (χ3n) is 3.15. The van der Waals surface area contributed by atoms with Gasteiger partial charge < -0.3 is 0 Å². The van der Waals surface area contributed by atoms with Gasteiger partial charge in [-0.2, -0.15) is 0 Å². The highest BCUT2D eigenvalue weighted by Crippen LogP contribution is 2.30. The number of carbonyl (C=O) groups is 1. The van der Waals surface area contributed by atoms with E-state index in [0.717, 1.165) is 21.8 Å². The number of hydrogen-bond acceptors (Lipinski definition) is 5. The number of thiazole rings is 1. The minimum atomic E-state index is -0.364. The number of aromatic nitrogens is 3. The molecule has 5 nitrogen and oxygen atoms in total. The summed E-state index contributed by atoms with van der Waals surface area (Å²) in [5.74, 6) is -0.662. The highest BCUT2D eigenvalue weighted by atomic mass is 32.1. The fraction of sp³-hybridized carbons (Fsp3) is 0.125. The van der Waals surface area contributed by atoms with Gasteiger partial charge in [0.05, 0.1) is 17.6 Å². The lowest BCUT2D eigenvalue weighted by molar-refractivity contribution is 0.102. The van der Waals surface area contributed by atoms with Crippen LogP contribution in [0, 0.1) is 19.7 Å².